The van der Waals surface area contributed by atoms with Crippen LogP contribution in [0.2, 0.25) is 0 Å². The number of benzene rings is 2. The first-order valence-corrected chi connectivity index (χ1v) is 11.1. The molecular weight excluding hydrogens is 431 g/mol. The third-order valence-corrected chi connectivity index (χ3v) is 6.14. The summed E-state index contributed by atoms with van der Waals surface area (Å²) in [4.78, 5) is 24.3. The maximum atomic E-state index is 13.0. The molecule has 2 N–H and O–H groups in total. The second-order valence-electron chi connectivity index (χ2n) is 5.97. The van der Waals surface area contributed by atoms with Crippen molar-refractivity contribution in [1.82, 2.24) is 0 Å². The zero-order chi connectivity index (χ0) is 21.7. The molecule has 0 aliphatic heterocycles. The van der Waals surface area contributed by atoms with Crippen LogP contribution in [0.4, 0.5) is 15.1 Å². The van der Waals surface area contributed by atoms with Gasteiger partial charge in [-0.2, -0.15) is 0 Å². The van der Waals surface area contributed by atoms with E-state index in [1.54, 1.807) is 18.4 Å². The van der Waals surface area contributed by atoms with Crippen molar-refractivity contribution in [3.63, 3.8) is 0 Å². The van der Waals surface area contributed by atoms with E-state index in [2.05, 4.69) is 10.0 Å². The van der Waals surface area contributed by atoms with Crippen molar-refractivity contribution in [1.29, 1.82) is 0 Å². The molecular formula is C20H17FN2O5S2. The summed E-state index contributed by atoms with van der Waals surface area (Å²) in [6.45, 7) is 1.91. The molecule has 0 radical (unpaired) electrons. The predicted octanol–water partition coefficient (Wildman–Crippen LogP) is 4.12. The van der Waals surface area contributed by atoms with Crippen molar-refractivity contribution in [2.45, 2.75) is 11.8 Å². The van der Waals surface area contributed by atoms with Gasteiger partial charge in [-0.05, 0) is 66.9 Å². The minimum absolute atomic E-state index is 0.0880. The van der Waals surface area contributed by atoms with Gasteiger partial charge in [0.1, 0.15) is 10.8 Å². The van der Waals surface area contributed by atoms with Gasteiger partial charge in [0.05, 0.1) is 17.1 Å². The van der Waals surface area contributed by atoms with E-state index in [1.165, 1.54) is 35.6 Å². The maximum absolute atomic E-state index is 13.0. The van der Waals surface area contributed by atoms with Crippen molar-refractivity contribution >= 4 is 43.9 Å². The number of carbonyl (C=O) groups excluding carboxylic acids is 2. The van der Waals surface area contributed by atoms with Gasteiger partial charge in [0.15, 0.2) is 0 Å². The fourth-order valence-electron chi connectivity index (χ4n) is 2.47. The van der Waals surface area contributed by atoms with Crippen LogP contribution in [0.5, 0.6) is 0 Å². The van der Waals surface area contributed by atoms with Gasteiger partial charge < -0.3 is 10.1 Å². The quantitative estimate of drug-likeness (QED) is 0.530. The molecule has 0 atom stereocenters. The number of rotatable bonds is 7. The first-order chi connectivity index (χ1) is 14.3. The standard InChI is InChI=1S/C20H17FN2O5S2/c1-2-28-20(25)17-11-12-29-19(17)22-18(24)13-3-7-15(8-4-13)23-30(26,27)16-9-5-14(21)6-10-16/h3-12,23H,2H2,1H3,(H,22,24). The summed E-state index contributed by atoms with van der Waals surface area (Å²) in [6.07, 6.45) is 0. The molecule has 0 aliphatic carbocycles. The van der Waals surface area contributed by atoms with Crippen LogP contribution in [0.3, 0.4) is 0 Å². The van der Waals surface area contributed by atoms with Gasteiger partial charge in [-0.1, -0.05) is 0 Å². The molecule has 3 rings (SSSR count). The maximum Gasteiger partial charge on any atom is 0.341 e. The Hall–Kier alpha value is -3.24. The average Bonchev–Trinajstić information content (AvgIpc) is 3.17. The highest BCUT2D eigenvalue weighted by molar-refractivity contribution is 7.92. The Morgan fingerprint density at radius 1 is 1.03 bits per heavy atom. The van der Waals surface area contributed by atoms with Gasteiger partial charge >= 0.3 is 5.97 Å². The van der Waals surface area contributed by atoms with Gasteiger partial charge in [0.25, 0.3) is 15.9 Å². The van der Waals surface area contributed by atoms with E-state index in [4.69, 9.17) is 4.74 Å². The van der Waals surface area contributed by atoms with Gasteiger partial charge in [0, 0.05) is 11.3 Å². The fraction of sp³-hybridized carbons (Fsp3) is 0.100. The molecule has 0 saturated heterocycles. The molecule has 0 unspecified atom stereocenters. The van der Waals surface area contributed by atoms with Gasteiger partial charge in [-0.25, -0.2) is 17.6 Å². The Morgan fingerprint density at radius 2 is 1.70 bits per heavy atom. The molecule has 2 aromatic carbocycles. The van der Waals surface area contributed by atoms with Gasteiger partial charge in [-0.15, -0.1) is 11.3 Å². The van der Waals surface area contributed by atoms with Crippen LogP contribution in [-0.4, -0.2) is 26.9 Å². The number of nitrogens with one attached hydrogen (secondary N) is 2. The molecule has 7 nitrogen and oxygen atoms in total. The zero-order valence-electron chi connectivity index (χ0n) is 15.7. The Bertz CT molecular complexity index is 1160. The lowest BCUT2D eigenvalue weighted by Crippen LogP contribution is -2.15. The van der Waals surface area contributed by atoms with E-state index in [0.717, 1.165) is 24.3 Å². The van der Waals surface area contributed by atoms with Crippen molar-refractivity contribution in [3.05, 3.63) is 76.9 Å². The number of ether oxygens (including phenoxy) is 1. The molecule has 0 bridgehead atoms. The molecule has 1 heterocycles. The molecule has 30 heavy (non-hydrogen) atoms. The van der Waals surface area contributed by atoms with E-state index in [1.807, 2.05) is 0 Å². The third-order valence-electron chi connectivity index (χ3n) is 3.91. The molecule has 10 heteroatoms. The molecule has 1 aromatic heterocycles. The smallest absolute Gasteiger partial charge is 0.341 e. The second kappa shape index (κ2) is 9.06. The number of carbonyl (C=O) groups is 2. The van der Waals surface area contributed by atoms with Gasteiger partial charge in [-0.3, -0.25) is 9.52 Å². The largest absolute Gasteiger partial charge is 0.462 e. The van der Waals surface area contributed by atoms with Crippen LogP contribution in [0.1, 0.15) is 27.6 Å². The van der Waals surface area contributed by atoms with E-state index in [-0.39, 0.29) is 28.3 Å². The minimum atomic E-state index is -3.89. The molecule has 1 amide bonds. The van der Waals surface area contributed by atoms with Crippen molar-refractivity contribution in [2.75, 3.05) is 16.6 Å². The summed E-state index contributed by atoms with van der Waals surface area (Å²) in [7, 11) is -3.89. The van der Waals surface area contributed by atoms with E-state index in [0.29, 0.717) is 5.00 Å². The van der Waals surface area contributed by atoms with Crippen LogP contribution in [0, 0.1) is 5.82 Å². The topological polar surface area (TPSA) is 102 Å². The fourth-order valence-corrected chi connectivity index (χ4v) is 4.30. The van der Waals surface area contributed by atoms with Crippen LogP contribution < -0.4 is 10.0 Å². The predicted molar refractivity (Wildman–Crippen MR) is 112 cm³/mol. The SMILES string of the molecule is CCOC(=O)c1ccsc1NC(=O)c1ccc(NS(=O)(=O)c2ccc(F)cc2)cc1. The van der Waals surface area contributed by atoms with E-state index in [9.17, 15) is 22.4 Å². The number of anilines is 2. The highest BCUT2D eigenvalue weighted by atomic mass is 32.2. The Kier molecular flexibility index (Phi) is 6.48. The number of esters is 1. The van der Waals surface area contributed by atoms with Crippen molar-refractivity contribution in [3.8, 4) is 0 Å². The summed E-state index contributed by atoms with van der Waals surface area (Å²) in [5.74, 6) is -1.53. The molecule has 0 saturated carbocycles. The first kappa shape index (κ1) is 21.5. The van der Waals surface area contributed by atoms with Crippen LogP contribution in [0.15, 0.2) is 64.9 Å². The second-order valence-corrected chi connectivity index (χ2v) is 8.57. The summed E-state index contributed by atoms with van der Waals surface area (Å²) >= 11 is 1.19. The number of amides is 1. The summed E-state index contributed by atoms with van der Waals surface area (Å²) in [5.41, 5.74) is 0.765. The summed E-state index contributed by atoms with van der Waals surface area (Å²) in [5, 5.41) is 4.67. The summed E-state index contributed by atoms with van der Waals surface area (Å²) < 4.78 is 45.0. The lowest BCUT2D eigenvalue weighted by molar-refractivity contribution is 0.0528. The molecule has 0 fully saturated rings. The molecule has 0 aliphatic rings. The summed E-state index contributed by atoms with van der Waals surface area (Å²) in [6, 6.07) is 11.7. The van der Waals surface area contributed by atoms with Crippen molar-refractivity contribution in [2.24, 2.45) is 0 Å². The van der Waals surface area contributed by atoms with Crippen molar-refractivity contribution < 1.29 is 27.1 Å². The zero-order valence-corrected chi connectivity index (χ0v) is 17.3. The lowest BCUT2D eigenvalue weighted by Gasteiger charge is -2.09. The number of hydrogen-bond acceptors (Lipinski definition) is 6. The Morgan fingerprint density at radius 3 is 2.33 bits per heavy atom. The highest BCUT2D eigenvalue weighted by Gasteiger charge is 2.18. The molecule has 3 aromatic rings. The van der Waals surface area contributed by atoms with Crippen LogP contribution >= 0.6 is 11.3 Å². The Balaban J connectivity index is 1.70. The van der Waals surface area contributed by atoms with Crippen LogP contribution in [-0.2, 0) is 14.8 Å². The number of halogens is 1. The molecule has 156 valence electrons. The number of thiophene rings is 1. The lowest BCUT2D eigenvalue weighted by atomic mass is 10.2. The van der Waals surface area contributed by atoms with Gasteiger partial charge in [0.2, 0.25) is 0 Å². The highest BCUT2D eigenvalue weighted by Crippen LogP contribution is 2.25. The monoisotopic (exact) mass is 448 g/mol. The number of hydrogen-bond donors (Lipinski definition) is 2. The van der Waals surface area contributed by atoms with E-state index < -0.39 is 27.7 Å². The van der Waals surface area contributed by atoms with Crippen LogP contribution in [0.25, 0.3) is 0 Å². The average molecular weight is 448 g/mol. The number of sulfonamides is 1. The minimum Gasteiger partial charge on any atom is -0.462 e. The Labute approximate surface area is 176 Å². The molecule has 0 spiro atoms. The first-order valence-electron chi connectivity index (χ1n) is 8.74. The third kappa shape index (κ3) is 5.02. The normalized spacial score (nSPS) is 11.0. The van der Waals surface area contributed by atoms with E-state index >= 15 is 0 Å².